The zero-order chi connectivity index (χ0) is 11.6. The number of amides is 1. The fourth-order valence-corrected chi connectivity index (χ4v) is 2.55. The summed E-state index contributed by atoms with van der Waals surface area (Å²) in [6, 6.07) is 7.49. The Hall–Kier alpha value is -1.35. The zero-order valence-corrected chi connectivity index (χ0v) is 9.41. The lowest BCUT2D eigenvalue weighted by Crippen LogP contribution is -2.39. The molecular weight excluding hydrogens is 200 g/mol. The van der Waals surface area contributed by atoms with Gasteiger partial charge in [0.2, 0.25) is 5.91 Å². The summed E-state index contributed by atoms with van der Waals surface area (Å²) in [5.41, 5.74) is 13.1. The Morgan fingerprint density at radius 2 is 1.88 bits per heavy atom. The van der Waals surface area contributed by atoms with E-state index >= 15 is 0 Å². The molecule has 0 aliphatic heterocycles. The molecule has 3 heteroatoms. The highest BCUT2D eigenvalue weighted by Crippen LogP contribution is 2.31. The first kappa shape index (κ1) is 11.1. The van der Waals surface area contributed by atoms with Crippen molar-refractivity contribution >= 4 is 5.91 Å². The highest BCUT2D eigenvalue weighted by atomic mass is 16.1. The molecule has 0 saturated heterocycles. The fourth-order valence-electron chi connectivity index (χ4n) is 2.55. The smallest absolute Gasteiger partial charge is 0.248 e. The van der Waals surface area contributed by atoms with Crippen molar-refractivity contribution in [2.24, 2.45) is 11.5 Å². The van der Waals surface area contributed by atoms with Gasteiger partial charge in [0.1, 0.15) is 0 Å². The van der Waals surface area contributed by atoms with Crippen LogP contribution in [0.25, 0.3) is 0 Å². The maximum absolute atomic E-state index is 11.3. The Balaban J connectivity index is 2.23. The largest absolute Gasteiger partial charge is 0.366 e. The summed E-state index contributed by atoms with van der Waals surface area (Å²) in [6.45, 7) is 0. The van der Waals surface area contributed by atoms with Gasteiger partial charge in [-0.15, -0.1) is 0 Å². The van der Waals surface area contributed by atoms with Gasteiger partial charge < -0.3 is 11.5 Å². The van der Waals surface area contributed by atoms with Crippen LogP contribution in [0.1, 0.15) is 41.6 Å². The van der Waals surface area contributed by atoms with E-state index in [1.165, 1.54) is 12.8 Å². The van der Waals surface area contributed by atoms with Crippen LogP contribution in [0.2, 0.25) is 0 Å². The Bertz CT molecular complexity index is 395. The summed E-state index contributed by atoms with van der Waals surface area (Å²) in [5, 5.41) is 0. The van der Waals surface area contributed by atoms with Gasteiger partial charge in [0.25, 0.3) is 0 Å². The third-order valence-corrected chi connectivity index (χ3v) is 3.42. The van der Waals surface area contributed by atoms with Crippen LogP contribution < -0.4 is 11.5 Å². The van der Waals surface area contributed by atoms with E-state index in [1.54, 1.807) is 6.07 Å². The molecule has 1 saturated carbocycles. The van der Waals surface area contributed by atoms with E-state index in [2.05, 4.69) is 0 Å². The molecule has 1 aromatic carbocycles. The zero-order valence-electron chi connectivity index (χ0n) is 9.41. The van der Waals surface area contributed by atoms with Crippen molar-refractivity contribution in [3.05, 3.63) is 35.4 Å². The molecule has 1 aliphatic rings. The summed E-state index contributed by atoms with van der Waals surface area (Å²) in [5.74, 6) is -0.364. The molecule has 0 bridgehead atoms. The number of primary amides is 1. The van der Waals surface area contributed by atoms with Crippen molar-refractivity contribution in [1.29, 1.82) is 0 Å². The highest BCUT2D eigenvalue weighted by molar-refractivity contribution is 5.94. The number of hydrogen-bond donors (Lipinski definition) is 2. The first-order valence-electron chi connectivity index (χ1n) is 5.77. The van der Waals surface area contributed by atoms with E-state index in [0.29, 0.717) is 5.56 Å². The van der Waals surface area contributed by atoms with Gasteiger partial charge in [-0.3, -0.25) is 4.79 Å². The van der Waals surface area contributed by atoms with Crippen molar-refractivity contribution in [3.63, 3.8) is 0 Å². The monoisotopic (exact) mass is 218 g/mol. The Morgan fingerprint density at radius 3 is 2.50 bits per heavy atom. The quantitative estimate of drug-likeness (QED) is 0.809. The van der Waals surface area contributed by atoms with Crippen molar-refractivity contribution in [3.8, 4) is 0 Å². The minimum atomic E-state index is -0.364. The summed E-state index contributed by atoms with van der Waals surface area (Å²) < 4.78 is 0. The van der Waals surface area contributed by atoms with E-state index in [9.17, 15) is 4.79 Å². The molecule has 16 heavy (non-hydrogen) atoms. The maximum Gasteiger partial charge on any atom is 0.248 e. The van der Waals surface area contributed by atoms with Crippen LogP contribution in [0, 0.1) is 0 Å². The molecule has 0 unspecified atom stereocenters. The molecule has 0 aromatic heterocycles. The van der Waals surface area contributed by atoms with Gasteiger partial charge in [-0.05, 0) is 30.9 Å². The minimum Gasteiger partial charge on any atom is -0.366 e. The second-order valence-corrected chi connectivity index (χ2v) is 4.77. The van der Waals surface area contributed by atoms with Crippen molar-refractivity contribution in [2.45, 2.75) is 37.6 Å². The fraction of sp³-hybridized carbons (Fsp3) is 0.462. The first-order valence-corrected chi connectivity index (χ1v) is 5.77. The van der Waals surface area contributed by atoms with E-state index in [-0.39, 0.29) is 11.4 Å². The predicted octanol–water partition coefficient (Wildman–Crippen LogP) is 1.60. The predicted molar refractivity (Wildman–Crippen MR) is 64.1 cm³/mol. The number of carbonyl (C=O) groups is 1. The van der Waals surface area contributed by atoms with E-state index in [0.717, 1.165) is 24.8 Å². The molecule has 0 heterocycles. The summed E-state index contributed by atoms with van der Waals surface area (Å²) in [7, 11) is 0. The molecule has 1 aromatic rings. The van der Waals surface area contributed by atoms with E-state index in [4.69, 9.17) is 11.5 Å². The topological polar surface area (TPSA) is 69.1 Å². The van der Waals surface area contributed by atoms with Crippen LogP contribution >= 0.6 is 0 Å². The van der Waals surface area contributed by atoms with E-state index in [1.807, 2.05) is 18.2 Å². The van der Waals surface area contributed by atoms with Crippen LogP contribution in [0.5, 0.6) is 0 Å². The number of hydrogen-bond acceptors (Lipinski definition) is 2. The molecule has 2 rings (SSSR count). The average molecular weight is 218 g/mol. The Kier molecular flexibility index (Phi) is 2.97. The first-order chi connectivity index (χ1) is 7.61. The summed E-state index contributed by atoms with van der Waals surface area (Å²) in [6.07, 6.45) is 5.22. The molecule has 1 aliphatic carbocycles. The molecular formula is C13H18N2O. The van der Waals surface area contributed by atoms with Crippen LogP contribution in [-0.4, -0.2) is 11.4 Å². The third kappa shape index (κ3) is 2.25. The normalized spacial score (nSPS) is 18.6. The van der Waals surface area contributed by atoms with Crippen LogP contribution in [-0.2, 0) is 6.42 Å². The third-order valence-electron chi connectivity index (χ3n) is 3.42. The second-order valence-electron chi connectivity index (χ2n) is 4.77. The number of rotatable bonds is 3. The summed E-state index contributed by atoms with van der Waals surface area (Å²) >= 11 is 0. The van der Waals surface area contributed by atoms with Gasteiger partial charge in [-0.25, -0.2) is 0 Å². The molecule has 86 valence electrons. The lowest BCUT2D eigenvalue weighted by atomic mass is 9.88. The average Bonchev–Trinajstić information content (AvgIpc) is 2.65. The highest BCUT2D eigenvalue weighted by Gasteiger charge is 2.30. The van der Waals surface area contributed by atoms with E-state index < -0.39 is 0 Å². The molecule has 0 atom stereocenters. The number of carbonyl (C=O) groups excluding carboxylic acids is 1. The molecule has 0 spiro atoms. The van der Waals surface area contributed by atoms with Gasteiger partial charge in [-0.1, -0.05) is 31.0 Å². The molecule has 1 fully saturated rings. The SMILES string of the molecule is NC(=O)c1ccccc1CC1(N)CCCC1. The molecule has 1 amide bonds. The van der Waals surface area contributed by atoms with Gasteiger partial charge >= 0.3 is 0 Å². The second kappa shape index (κ2) is 4.26. The molecule has 4 N–H and O–H groups in total. The molecule has 3 nitrogen and oxygen atoms in total. The van der Waals surface area contributed by atoms with Gasteiger partial charge in [0, 0.05) is 11.1 Å². The lowest BCUT2D eigenvalue weighted by Gasteiger charge is -2.24. The lowest BCUT2D eigenvalue weighted by molar-refractivity contribution is 0.0999. The number of nitrogens with two attached hydrogens (primary N) is 2. The van der Waals surface area contributed by atoms with Crippen molar-refractivity contribution in [2.75, 3.05) is 0 Å². The van der Waals surface area contributed by atoms with Gasteiger partial charge in [0.15, 0.2) is 0 Å². The van der Waals surface area contributed by atoms with Crippen LogP contribution in [0.4, 0.5) is 0 Å². The summed E-state index contributed by atoms with van der Waals surface area (Å²) in [4.78, 5) is 11.3. The van der Waals surface area contributed by atoms with Gasteiger partial charge in [-0.2, -0.15) is 0 Å². The number of benzene rings is 1. The molecule has 0 radical (unpaired) electrons. The Morgan fingerprint density at radius 1 is 1.25 bits per heavy atom. The van der Waals surface area contributed by atoms with Crippen molar-refractivity contribution < 1.29 is 4.79 Å². The minimum absolute atomic E-state index is 0.133. The van der Waals surface area contributed by atoms with Gasteiger partial charge in [0.05, 0.1) is 0 Å². The Labute approximate surface area is 95.8 Å². The van der Waals surface area contributed by atoms with Crippen molar-refractivity contribution in [1.82, 2.24) is 0 Å². The van der Waals surface area contributed by atoms with Crippen LogP contribution in [0.15, 0.2) is 24.3 Å². The maximum atomic E-state index is 11.3. The standard InChI is InChI=1S/C13H18N2O/c14-12(16)11-6-2-1-5-10(11)9-13(15)7-3-4-8-13/h1-2,5-6H,3-4,7-9,15H2,(H2,14,16). The van der Waals surface area contributed by atoms with Crippen LogP contribution in [0.3, 0.4) is 0 Å².